The SMILES string of the molecule is Cc1cccc(C(=O)CCc2c(C)nn(C)c2C)c1C. The maximum Gasteiger partial charge on any atom is 0.163 e. The summed E-state index contributed by atoms with van der Waals surface area (Å²) in [5.41, 5.74) is 6.49. The first-order chi connectivity index (χ1) is 9.41. The van der Waals surface area contributed by atoms with Gasteiger partial charge < -0.3 is 0 Å². The summed E-state index contributed by atoms with van der Waals surface area (Å²) >= 11 is 0. The van der Waals surface area contributed by atoms with Gasteiger partial charge >= 0.3 is 0 Å². The highest BCUT2D eigenvalue weighted by Gasteiger charge is 2.14. The molecule has 0 unspecified atom stereocenters. The Morgan fingerprint density at radius 1 is 1.20 bits per heavy atom. The van der Waals surface area contributed by atoms with Crippen LogP contribution in [0.1, 0.15) is 44.9 Å². The van der Waals surface area contributed by atoms with Gasteiger partial charge in [0.1, 0.15) is 0 Å². The number of ketones is 1. The summed E-state index contributed by atoms with van der Waals surface area (Å²) in [5.74, 6) is 0.217. The Bertz CT molecular complexity index is 653. The van der Waals surface area contributed by atoms with Crippen molar-refractivity contribution in [3.63, 3.8) is 0 Å². The first-order valence-corrected chi connectivity index (χ1v) is 7.00. The number of aromatic nitrogens is 2. The van der Waals surface area contributed by atoms with Gasteiger partial charge in [-0.3, -0.25) is 9.48 Å². The molecule has 0 atom stereocenters. The van der Waals surface area contributed by atoms with E-state index >= 15 is 0 Å². The summed E-state index contributed by atoms with van der Waals surface area (Å²) in [4.78, 5) is 12.4. The number of Topliss-reactive ketones (excluding diaryl/α,β-unsaturated/α-hetero) is 1. The van der Waals surface area contributed by atoms with Crippen molar-refractivity contribution in [1.29, 1.82) is 0 Å². The summed E-state index contributed by atoms with van der Waals surface area (Å²) in [6, 6.07) is 5.92. The van der Waals surface area contributed by atoms with Crippen LogP contribution in [-0.4, -0.2) is 15.6 Å². The third kappa shape index (κ3) is 2.67. The van der Waals surface area contributed by atoms with E-state index in [1.807, 2.05) is 50.7 Å². The normalized spacial score (nSPS) is 10.8. The van der Waals surface area contributed by atoms with Gasteiger partial charge in [-0.15, -0.1) is 0 Å². The largest absolute Gasteiger partial charge is 0.294 e. The molecule has 0 bridgehead atoms. The monoisotopic (exact) mass is 270 g/mol. The molecule has 0 saturated heterocycles. The third-order valence-corrected chi connectivity index (χ3v) is 4.17. The molecule has 1 aromatic carbocycles. The zero-order chi connectivity index (χ0) is 14.9. The summed E-state index contributed by atoms with van der Waals surface area (Å²) < 4.78 is 1.88. The van der Waals surface area contributed by atoms with Gasteiger partial charge in [-0.05, 0) is 50.8 Å². The minimum absolute atomic E-state index is 0.217. The summed E-state index contributed by atoms with van der Waals surface area (Å²) in [6.45, 7) is 8.12. The zero-order valence-corrected chi connectivity index (χ0v) is 12.9. The molecule has 2 aromatic rings. The van der Waals surface area contributed by atoms with Crippen molar-refractivity contribution in [3.05, 3.63) is 51.8 Å². The Hall–Kier alpha value is -1.90. The Kier molecular flexibility index (Phi) is 4.07. The van der Waals surface area contributed by atoms with Gasteiger partial charge in [0.15, 0.2) is 5.78 Å². The Morgan fingerprint density at radius 2 is 1.90 bits per heavy atom. The second-order valence-corrected chi connectivity index (χ2v) is 5.44. The fourth-order valence-electron chi connectivity index (χ4n) is 2.61. The standard InChI is InChI=1S/C17H22N2O/c1-11-7-6-8-15(12(11)2)17(20)10-9-16-13(3)18-19(5)14(16)4/h6-8H,9-10H2,1-5H3. The zero-order valence-electron chi connectivity index (χ0n) is 12.9. The summed E-state index contributed by atoms with van der Waals surface area (Å²) in [7, 11) is 1.94. The van der Waals surface area contributed by atoms with Crippen molar-refractivity contribution in [2.75, 3.05) is 0 Å². The van der Waals surface area contributed by atoms with Crippen LogP contribution >= 0.6 is 0 Å². The number of rotatable bonds is 4. The maximum absolute atomic E-state index is 12.4. The summed E-state index contributed by atoms with van der Waals surface area (Å²) in [5, 5.41) is 4.40. The van der Waals surface area contributed by atoms with E-state index in [1.54, 1.807) is 0 Å². The van der Waals surface area contributed by atoms with Crippen LogP contribution in [0, 0.1) is 27.7 Å². The van der Waals surface area contributed by atoms with Crippen LogP contribution in [0.3, 0.4) is 0 Å². The Labute approximate surface area is 120 Å². The highest BCUT2D eigenvalue weighted by Crippen LogP contribution is 2.18. The highest BCUT2D eigenvalue weighted by molar-refractivity contribution is 5.97. The summed E-state index contributed by atoms with van der Waals surface area (Å²) in [6.07, 6.45) is 1.30. The molecule has 1 heterocycles. The molecular formula is C17H22N2O. The van der Waals surface area contributed by atoms with E-state index in [0.29, 0.717) is 6.42 Å². The molecular weight excluding hydrogens is 248 g/mol. The lowest BCUT2D eigenvalue weighted by atomic mass is 9.96. The topological polar surface area (TPSA) is 34.9 Å². The van der Waals surface area contributed by atoms with Gasteiger partial charge in [-0.2, -0.15) is 5.10 Å². The van der Waals surface area contributed by atoms with Crippen LogP contribution in [0.15, 0.2) is 18.2 Å². The average molecular weight is 270 g/mol. The number of carbonyl (C=O) groups excluding carboxylic acids is 1. The number of hydrogen-bond acceptors (Lipinski definition) is 2. The predicted octanol–water partition coefficient (Wildman–Crippen LogP) is 3.47. The van der Waals surface area contributed by atoms with Crippen LogP contribution < -0.4 is 0 Å². The van der Waals surface area contributed by atoms with Crippen LogP contribution in [-0.2, 0) is 13.5 Å². The van der Waals surface area contributed by atoms with Gasteiger partial charge in [0, 0.05) is 24.7 Å². The van der Waals surface area contributed by atoms with Crippen molar-refractivity contribution >= 4 is 5.78 Å². The number of carbonyl (C=O) groups is 1. The van der Waals surface area contributed by atoms with Crippen LogP contribution in [0.2, 0.25) is 0 Å². The fraction of sp³-hybridized carbons (Fsp3) is 0.412. The third-order valence-electron chi connectivity index (χ3n) is 4.17. The molecule has 0 aliphatic rings. The highest BCUT2D eigenvalue weighted by atomic mass is 16.1. The molecule has 0 aliphatic carbocycles. The van der Waals surface area contributed by atoms with Gasteiger partial charge in [-0.1, -0.05) is 18.2 Å². The molecule has 0 fully saturated rings. The van der Waals surface area contributed by atoms with Crippen LogP contribution in [0.25, 0.3) is 0 Å². The van der Waals surface area contributed by atoms with E-state index in [9.17, 15) is 4.79 Å². The fourth-order valence-corrected chi connectivity index (χ4v) is 2.61. The molecule has 0 spiro atoms. The van der Waals surface area contributed by atoms with Gasteiger partial charge in [-0.25, -0.2) is 0 Å². The predicted molar refractivity (Wildman–Crippen MR) is 81.2 cm³/mol. The van der Waals surface area contributed by atoms with E-state index < -0.39 is 0 Å². The average Bonchev–Trinajstić information content (AvgIpc) is 2.64. The van der Waals surface area contributed by atoms with E-state index in [0.717, 1.165) is 28.9 Å². The minimum atomic E-state index is 0.217. The first-order valence-electron chi connectivity index (χ1n) is 7.00. The molecule has 0 radical (unpaired) electrons. The van der Waals surface area contributed by atoms with E-state index in [1.165, 1.54) is 11.1 Å². The molecule has 106 valence electrons. The quantitative estimate of drug-likeness (QED) is 0.797. The van der Waals surface area contributed by atoms with Gasteiger partial charge in [0.25, 0.3) is 0 Å². The van der Waals surface area contributed by atoms with Crippen molar-refractivity contribution < 1.29 is 4.79 Å². The lowest BCUT2D eigenvalue weighted by Crippen LogP contribution is -2.05. The second-order valence-electron chi connectivity index (χ2n) is 5.44. The lowest BCUT2D eigenvalue weighted by Gasteiger charge is -2.08. The Balaban J connectivity index is 2.15. The number of aryl methyl sites for hydroxylation is 3. The van der Waals surface area contributed by atoms with Crippen LogP contribution in [0.4, 0.5) is 0 Å². The second kappa shape index (κ2) is 5.61. The van der Waals surface area contributed by atoms with Crippen molar-refractivity contribution in [2.45, 2.75) is 40.5 Å². The van der Waals surface area contributed by atoms with Gasteiger partial charge in [0.05, 0.1) is 5.69 Å². The van der Waals surface area contributed by atoms with E-state index in [-0.39, 0.29) is 5.78 Å². The lowest BCUT2D eigenvalue weighted by molar-refractivity contribution is 0.0982. The van der Waals surface area contributed by atoms with E-state index in [2.05, 4.69) is 12.0 Å². The van der Waals surface area contributed by atoms with Gasteiger partial charge in [0.2, 0.25) is 0 Å². The molecule has 0 saturated carbocycles. The minimum Gasteiger partial charge on any atom is -0.294 e. The number of hydrogen-bond donors (Lipinski definition) is 0. The van der Waals surface area contributed by atoms with Crippen molar-refractivity contribution in [3.8, 4) is 0 Å². The Morgan fingerprint density at radius 3 is 2.50 bits per heavy atom. The molecule has 0 amide bonds. The van der Waals surface area contributed by atoms with Crippen molar-refractivity contribution in [1.82, 2.24) is 9.78 Å². The molecule has 20 heavy (non-hydrogen) atoms. The molecule has 0 N–H and O–H groups in total. The number of nitrogens with zero attached hydrogens (tertiary/aromatic N) is 2. The van der Waals surface area contributed by atoms with E-state index in [4.69, 9.17) is 0 Å². The molecule has 1 aromatic heterocycles. The van der Waals surface area contributed by atoms with Crippen LogP contribution in [0.5, 0.6) is 0 Å². The number of benzene rings is 1. The smallest absolute Gasteiger partial charge is 0.163 e. The first kappa shape index (κ1) is 14.5. The molecule has 3 heteroatoms. The maximum atomic E-state index is 12.4. The molecule has 3 nitrogen and oxygen atoms in total. The van der Waals surface area contributed by atoms with Crippen molar-refractivity contribution in [2.24, 2.45) is 7.05 Å². The molecule has 2 rings (SSSR count). The molecule has 0 aliphatic heterocycles.